The Morgan fingerprint density at radius 3 is 3.09 bits per heavy atom. The molecule has 2 heterocycles. The van der Waals surface area contributed by atoms with Gasteiger partial charge in [-0.3, -0.25) is 0 Å². The van der Waals surface area contributed by atoms with Crippen molar-refractivity contribution in [2.75, 3.05) is 0 Å². The summed E-state index contributed by atoms with van der Waals surface area (Å²) in [6.45, 7) is 0.977. The summed E-state index contributed by atoms with van der Waals surface area (Å²) in [5, 5.41) is 16.7. The highest BCUT2D eigenvalue weighted by Gasteiger charge is 2.13. The van der Waals surface area contributed by atoms with Crippen LogP contribution in [0.2, 0.25) is 0 Å². The third-order valence-electron chi connectivity index (χ3n) is 2.08. The first kappa shape index (κ1) is 6.79. The molecule has 0 atom stereocenters. The Morgan fingerprint density at radius 1 is 1.36 bits per heavy atom. The van der Waals surface area contributed by atoms with E-state index in [-0.39, 0.29) is 6.61 Å². The van der Waals surface area contributed by atoms with Gasteiger partial charge < -0.3 is 9.67 Å². The molecule has 0 aromatic carbocycles. The zero-order chi connectivity index (χ0) is 7.68. The van der Waals surface area contributed by atoms with Gasteiger partial charge in [0.25, 0.3) is 0 Å². The summed E-state index contributed by atoms with van der Waals surface area (Å²) in [5.41, 5.74) is 0. The molecule has 4 nitrogen and oxygen atoms in total. The van der Waals surface area contributed by atoms with Crippen LogP contribution in [0.5, 0.6) is 0 Å². The summed E-state index contributed by atoms with van der Waals surface area (Å²) >= 11 is 0. The maximum Gasteiger partial charge on any atom is 0.158 e. The van der Waals surface area contributed by atoms with Crippen LogP contribution in [0.1, 0.15) is 24.5 Å². The fourth-order valence-corrected chi connectivity index (χ4v) is 1.49. The number of aliphatic hydroxyl groups excluding tert-OH is 1. The normalized spacial score (nSPS) is 16.5. The van der Waals surface area contributed by atoms with E-state index in [1.165, 1.54) is 12.8 Å². The molecule has 0 unspecified atom stereocenters. The molecule has 1 N–H and O–H groups in total. The van der Waals surface area contributed by atoms with Crippen LogP contribution in [-0.2, 0) is 19.6 Å². The second-order valence-corrected chi connectivity index (χ2v) is 2.80. The topological polar surface area (TPSA) is 50.9 Å². The van der Waals surface area contributed by atoms with E-state index in [0.29, 0.717) is 5.82 Å². The van der Waals surface area contributed by atoms with E-state index in [0.717, 1.165) is 18.8 Å². The monoisotopic (exact) mass is 153 g/mol. The lowest BCUT2D eigenvalue weighted by Crippen LogP contribution is -2.12. The number of nitrogens with zero attached hydrogens (tertiary/aromatic N) is 3. The first-order valence-corrected chi connectivity index (χ1v) is 3.93. The molecule has 1 aliphatic rings. The molecular weight excluding hydrogens is 142 g/mol. The first-order chi connectivity index (χ1) is 5.42. The molecule has 0 amide bonds. The predicted octanol–water partition coefficient (Wildman–Crippen LogP) is 0.107. The van der Waals surface area contributed by atoms with Crippen LogP contribution < -0.4 is 0 Å². The van der Waals surface area contributed by atoms with Crippen molar-refractivity contribution >= 4 is 0 Å². The van der Waals surface area contributed by atoms with Crippen LogP contribution in [0.3, 0.4) is 0 Å². The van der Waals surface area contributed by atoms with Gasteiger partial charge in [-0.1, -0.05) is 0 Å². The Labute approximate surface area is 64.9 Å². The van der Waals surface area contributed by atoms with Gasteiger partial charge in [0.1, 0.15) is 12.4 Å². The third kappa shape index (κ3) is 1.03. The standard InChI is InChI=1S/C7H11N3O/c11-5-7-9-8-6-3-1-2-4-10(6)7/h11H,1-5H2. The Balaban J connectivity index is 2.38. The number of rotatable bonds is 1. The second kappa shape index (κ2) is 2.62. The Kier molecular flexibility index (Phi) is 1.62. The fourth-order valence-electron chi connectivity index (χ4n) is 1.49. The van der Waals surface area contributed by atoms with Gasteiger partial charge in [0.05, 0.1) is 0 Å². The van der Waals surface area contributed by atoms with Gasteiger partial charge in [-0.2, -0.15) is 0 Å². The highest BCUT2D eigenvalue weighted by Crippen LogP contribution is 2.13. The molecule has 1 aromatic rings. The van der Waals surface area contributed by atoms with Crippen molar-refractivity contribution in [1.82, 2.24) is 14.8 Å². The minimum Gasteiger partial charge on any atom is -0.388 e. The molecule has 60 valence electrons. The van der Waals surface area contributed by atoms with Gasteiger partial charge in [0.2, 0.25) is 0 Å². The molecule has 4 heteroatoms. The summed E-state index contributed by atoms with van der Waals surface area (Å²) in [5.74, 6) is 1.74. The highest BCUT2D eigenvalue weighted by atomic mass is 16.3. The molecular formula is C7H11N3O. The third-order valence-corrected chi connectivity index (χ3v) is 2.08. The quantitative estimate of drug-likeness (QED) is 0.622. The van der Waals surface area contributed by atoms with Crippen LogP contribution >= 0.6 is 0 Å². The fraction of sp³-hybridized carbons (Fsp3) is 0.714. The van der Waals surface area contributed by atoms with Crippen molar-refractivity contribution in [3.05, 3.63) is 11.6 Å². The van der Waals surface area contributed by atoms with Gasteiger partial charge in [0.15, 0.2) is 5.82 Å². The van der Waals surface area contributed by atoms with Crippen LogP contribution in [-0.4, -0.2) is 19.9 Å². The van der Waals surface area contributed by atoms with Crippen LogP contribution in [0.25, 0.3) is 0 Å². The molecule has 0 saturated carbocycles. The van der Waals surface area contributed by atoms with Gasteiger partial charge >= 0.3 is 0 Å². The summed E-state index contributed by atoms with van der Waals surface area (Å²) in [6, 6.07) is 0. The average Bonchev–Trinajstić information content (AvgIpc) is 2.47. The minimum atomic E-state index is 0.00694. The van der Waals surface area contributed by atoms with E-state index < -0.39 is 0 Å². The molecule has 0 saturated heterocycles. The molecule has 0 aliphatic carbocycles. The molecule has 0 fully saturated rings. The van der Waals surface area contributed by atoms with E-state index >= 15 is 0 Å². The van der Waals surface area contributed by atoms with Crippen molar-refractivity contribution in [2.45, 2.75) is 32.4 Å². The molecule has 2 rings (SSSR count). The van der Waals surface area contributed by atoms with Gasteiger partial charge in [-0.05, 0) is 12.8 Å². The van der Waals surface area contributed by atoms with E-state index in [4.69, 9.17) is 5.11 Å². The lowest BCUT2D eigenvalue weighted by Gasteiger charge is -2.13. The van der Waals surface area contributed by atoms with Gasteiger partial charge in [-0.25, -0.2) is 0 Å². The van der Waals surface area contributed by atoms with Crippen LogP contribution in [0, 0.1) is 0 Å². The van der Waals surface area contributed by atoms with E-state index in [2.05, 4.69) is 10.2 Å². The molecule has 11 heavy (non-hydrogen) atoms. The lowest BCUT2D eigenvalue weighted by atomic mass is 10.2. The second-order valence-electron chi connectivity index (χ2n) is 2.80. The number of hydrogen-bond donors (Lipinski definition) is 1. The first-order valence-electron chi connectivity index (χ1n) is 3.93. The van der Waals surface area contributed by atoms with Gasteiger partial charge in [0, 0.05) is 13.0 Å². The maximum absolute atomic E-state index is 8.86. The SMILES string of the molecule is OCc1nnc2n1CCCC2. The molecule has 1 aliphatic heterocycles. The van der Waals surface area contributed by atoms with Crippen molar-refractivity contribution < 1.29 is 5.11 Å². The van der Waals surface area contributed by atoms with E-state index in [9.17, 15) is 0 Å². The summed E-state index contributed by atoms with van der Waals surface area (Å²) in [7, 11) is 0. The van der Waals surface area contributed by atoms with E-state index in [1.807, 2.05) is 4.57 Å². The zero-order valence-corrected chi connectivity index (χ0v) is 6.32. The Hall–Kier alpha value is -0.900. The molecule has 0 spiro atoms. The number of aryl methyl sites for hydroxylation is 1. The summed E-state index contributed by atoms with van der Waals surface area (Å²) < 4.78 is 2.02. The number of aliphatic hydroxyl groups is 1. The Morgan fingerprint density at radius 2 is 2.27 bits per heavy atom. The zero-order valence-electron chi connectivity index (χ0n) is 6.32. The van der Waals surface area contributed by atoms with Crippen molar-refractivity contribution in [1.29, 1.82) is 0 Å². The van der Waals surface area contributed by atoms with Crippen LogP contribution in [0.4, 0.5) is 0 Å². The predicted molar refractivity (Wildman–Crippen MR) is 38.9 cm³/mol. The molecule has 0 bridgehead atoms. The van der Waals surface area contributed by atoms with Crippen LogP contribution in [0.15, 0.2) is 0 Å². The Bertz CT molecular complexity index is 243. The lowest BCUT2D eigenvalue weighted by molar-refractivity contribution is 0.262. The highest BCUT2D eigenvalue weighted by molar-refractivity contribution is 4.97. The molecule has 1 aromatic heterocycles. The number of aromatic nitrogens is 3. The van der Waals surface area contributed by atoms with Gasteiger partial charge in [-0.15, -0.1) is 10.2 Å². The number of fused-ring (bicyclic) bond motifs is 1. The number of hydrogen-bond acceptors (Lipinski definition) is 3. The average molecular weight is 153 g/mol. The summed E-state index contributed by atoms with van der Waals surface area (Å²) in [4.78, 5) is 0. The smallest absolute Gasteiger partial charge is 0.158 e. The summed E-state index contributed by atoms with van der Waals surface area (Å²) in [6.07, 6.45) is 3.38. The van der Waals surface area contributed by atoms with Crippen molar-refractivity contribution in [3.63, 3.8) is 0 Å². The van der Waals surface area contributed by atoms with Crippen molar-refractivity contribution in [2.24, 2.45) is 0 Å². The largest absolute Gasteiger partial charge is 0.388 e. The van der Waals surface area contributed by atoms with Crippen molar-refractivity contribution in [3.8, 4) is 0 Å². The minimum absolute atomic E-state index is 0.00694. The molecule has 0 radical (unpaired) electrons. The van der Waals surface area contributed by atoms with E-state index in [1.54, 1.807) is 0 Å². The maximum atomic E-state index is 8.86.